The summed E-state index contributed by atoms with van der Waals surface area (Å²) >= 11 is 6.15. The summed E-state index contributed by atoms with van der Waals surface area (Å²) in [4.78, 5) is 39.2. The van der Waals surface area contributed by atoms with Crippen LogP contribution in [0.4, 0.5) is 0 Å². The lowest BCUT2D eigenvalue weighted by Crippen LogP contribution is -2.51. The number of pyridine rings is 1. The number of H-pyrrole nitrogens is 1. The van der Waals surface area contributed by atoms with Crippen molar-refractivity contribution in [3.8, 4) is 0 Å². The van der Waals surface area contributed by atoms with Crippen LogP contribution in [0, 0.1) is 12.8 Å². The Kier molecular flexibility index (Phi) is 8.05. The van der Waals surface area contributed by atoms with Crippen molar-refractivity contribution in [1.82, 2.24) is 19.9 Å². The maximum Gasteiger partial charge on any atom is 0.251 e. The number of benzene rings is 1. The summed E-state index contributed by atoms with van der Waals surface area (Å²) < 4.78 is 11.7. The van der Waals surface area contributed by atoms with Gasteiger partial charge in [-0.1, -0.05) is 44.0 Å². The van der Waals surface area contributed by atoms with E-state index in [0.29, 0.717) is 49.1 Å². The summed E-state index contributed by atoms with van der Waals surface area (Å²) in [6, 6.07) is 9.62. The molecule has 4 aromatic rings. The monoisotopic (exact) mass is 550 g/mol. The number of likely N-dealkylation sites (tertiary alicyclic amines) is 1. The number of para-hydroxylation sites is 1. The number of nitrogens with zero attached hydrogens (tertiary/aromatic N) is 3. The highest BCUT2D eigenvalue weighted by Gasteiger charge is 2.40. The molecule has 1 fully saturated rings. The van der Waals surface area contributed by atoms with Crippen LogP contribution < -0.4 is 5.56 Å². The van der Waals surface area contributed by atoms with Crippen LogP contribution in [0.1, 0.15) is 63.0 Å². The third kappa shape index (κ3) is 5.72. The minimum atomic E-state index is -0.315. The second-order valence-corrected chi connectivity index (χ2v) is 11.3. The van der Waals surface area contributed by atoms with Gasteiger partial charge in [-0.25, -0.2) is 9.97 Å². The number of carbonyl (C=O) groups is 1. The first-order valence-corrected chi connectivity index (χ1v) is 14.0. The fraction of sp³-hybridized carbons (Fsp3) is 0.467. The summed E-state index contributed by atoms with van der Waals surface area (Å²) in [6.07, 6.45) is 5.38. The van der Waals surface area contributed by atoms with Gasteiger partial charge in [0, 0.05) is 48.7 Å². The number of rotatable bonds is 9. The Bertz CT molecular complexity index is 1550. The molecule has 1 aliphatic heterocycles. The molecule has 2 unspecified atom stereocenters. The van der Waals surface area contributed by atoms with Gasteiger partial charge in [0.25, 0.3) is 5.56 Å². The second-order valence-electron chi connectivity index (χ2n) is 10.8. The van der Waals surface area contributed by atoms with Crippen molar-refractivity contribution in [2.24, 2.45) is 5.92 Å². The quantitative estimate of drug-likeness (QED) is 0.259. The van der Waals surface area contributed by atoms with E-state index < -0.39 is 0 Å². The molecular weight excluding hydrogens is 516 g/mol. The van der Waals surface area contributed by atoms with Gasteiger partial charge >= 0.3 is 0 Å². The molecule has 9 heteroatoms. The number of unbranched alkanes of at least 4 members (excludes halogenated alkanes) is 2. The van der Waals surface area contributed by atoms with Gasteiger partial charge in [-0.05, 0) is 50.3 Å². The van der Waals surface area contributed by atoms with Gasteiger partial charge in [0.2, 0.25) is 5.91 Å². The molecule has 4 heterocycles. The average molecular weight is 551 g/mol. The predicted octanol–water partition coefficient (Wildman–Crippen LogP) is 5.93. The molecule has 3 aromatic heterocycles. The highest BCUT2D eigenvalue weighted by atomic mass is 35.5. The van der Waals surface area contributed by atoms with Crippen LogP contribution in [0.5, 0.6) is 0 Å². The smallest absolute Gasteiger partial charge is 0.251 e. The maximum atomic E-state index is 12.9. The number of ether oxygens (including phenoxy) is 1. The second kappa shape index (κ2) is 11.5. The Morgan fingerprint density at radius 1 is 1.26 bits per heavy atom. The molecule has 5 rings (SSSR count). The van der Waals surface area contributed by atoms with Gasteiger partial charge in [-0.3, -0.25) is 9.59 Å². The van der Waals surface area contributed by atoms with E-state index in [0.717, 1.165) is 53.4 Å². The molecule has 0 spiro atoms. The summed E-state index contributed by atoms with van der Waals surface area (Å²) in [7, 11) is 0. The lowest BCUT2D eigenvalue weighted by Gasteiger charge is -2.44. The van der Waals surface area contributed by atoms with Crippen LogP contribution in [-0.2, 0) is 21.6 Å². The van der Waals surface area contributed by atoms with E-state index in [-0.39, 0.29) is 22.8 Å². The van der Waals surface area contributed by atoms with Crippen molar-refractivity contribution in [1.29, 1.82) is 0 Å². The van der Waals surface area contributed by atoms with Crippen LogP contribution in [-0.4, -0.2) is 45.5 Å². The molecule has 206 valence electrons. The van der Waals surface area contributed by atoms with Crippen LogP contribution in [0.2, 0.25) is 5.02 Å². The highest BCUT2D eigenvalue weighted by Crippen LogP contribution is 2.38. The number of nitrogens with one attached hydrogen (secondary N) is 1. The van der Waals surface area contributed by atoms with E-state index in [2.05, 4.69) is 28.8 Å². The van der Waals surface area contributed by atoms with Crippen molar-refractivity contribution < 1.29 is 13.9 Å². The summed E-state index contributed by atoms with van der Waals surface area (Å²) in [5, 5.41) is 1.51. The number of aromatic amines is 1. The van der Waals surface area contributed by atoms with Gasteiger partial charge in [-0.2, -0.15) is 0 Å². The molecule has 0 saturated carbocycles. The first kappa shape index (κ1) is 27.3. The number of hydrogen-bond donors (Lipinski definition) is 1. The number of hydrogen-bond acceptors (Lipinski definition) is 6. The van der Waals surface area contributed by atoms with Gasteiger partial charge in [0.15, 0.2) is 11.4 Å². The summed E-state index contributed by atoms with van der Waals surface area (Å²) in [5.74, 6) is 0.968. The lowest BCUT2D eigenvalue weighted by atomic mass is 9.68. The number of amides is 1. The Morgan fingerprint density at radius 2 is 2.08 bits per heavy atom. The van der Waals surface area contributed by atoms with Gasteiger partial charge < -0.3 is 19.0 Å². The lowest BCUT2D eigenvalue weighted by molar-refractivity contribution is -0.134. The number of aryl methyl sites for hydroxylation is 1. The number of halogens is 1. The number of aromatic nitrogens is 3. The minimum absolute atomic E-state index is 0.104. The topological polar surface area (TPSA) is 101 Å². The molecule has 2 atom stereocenters. The summed E-state index contributed by atoms with van der Waals surface area (Å²) in [6.45, 7) is 8.35. The Balaban J connectivity index is 1.04. The average Bonchev–Trinajstić information content (AvgIpc) is 3.30. The SMILES string of the molecule is Cc1nc(COCCCCCC(=O)N2CCC(C)(c3cc(Cl)c[nH]c3=O)C(C)C2)nc2c1oc1ccccc12. The van der Waals surface area contributed by atoms with E-state index >= 15 is 0 Å². The van der Waals surface area contributed by atoms with Crippen molar-refractivity contribution in [2.75, 3.05) is 19.7 Å². The Labute approximate surface area is 232 Å². The van der Waals surface area contributed by atoms with Crippen LogP contribution in [0.15, 0.2) is 45.7 Å². The zero-order chi connectivity index (χ0) is 27.6. The number of carbonyl (C=O) groups excluding carboxylic acids is 1. The molecular formula is C30H35ClN4O4. The molecule has 39 heavy (non-hydrogen) atoms. The molecule has 0 bridgehead atoms. The number of furan rings is 1. The fourth-order valence-electron chi connectivity index (χ4n) is 5.57. The number of fused-ring (bicyclic) bond motifs is 3. The molecule has 1 saturated heterocycles. The van der Waals surface area contributed by atoms with Crippen molar-refractivity contribution in [3.63, 3.8) is 0 Å². The molecule has 0 radical (unpaired) electrons. The number of piperidine rings is 1. The molecule has 0 aliphatic carbocycles. The van der Waals surface area contributed by atoms with E-state index in [4.69, 9.17) is 20.8 Å². The predicted molar refractivity (Wildman–Crippen MR) is 152 cm³/mol. The fourth-order valence-corrected chi connectivity index (χ4v) is 5.74. The molecule has 8 nitrogen and oxygen atoms in total. The third-order valence-corrected chi connectivity index (χ3v) is 8.38. The van der Waals surface area contributed by atoms with Gasteiger partial charge in [0.1, 0.15) is 17.7 Å². The molecule has 1 N–H and O–H groups in total. The van der Waals surface area contributed by atoms with E-state index in [1.54, 1.807) is 6.07 Å². The first-order chi connectivity index (χ1) is 18.8. The summed E-state index contributed by atoms with van der Waals surface area (Å²) in [5.41, 5.74) is 3.44. The van der Waals surface area contributed by atoms with Gasteiger partial charge in [-0.15, -0.1) is 0 Å². The van der Waals surface area contributed by atoms with Crippen molar-refractivity contribution >= 4 is 39.6 Å². The van der Waals surface area contributed by atoms with E-state index in [1.165, 1.54) is 6.20 Å². The minimum Gasteiger partial charge on any atom is -0.452 e. The zero-order valence-corrected chi connectivity index (χ0v) is 23.5. The third-order valence-electron chi connectivity index (χ3n) is 8.16. The van der Waals surface area contributed by atoms with E-state index in [1.807, 2.05) is 36.1 Å². The first-order valence-electron chi connectivity index (χ1n) is 13.7. The molecule has 1 aromatic carbocycles. The molecule has 1 amide bonds. The molecule has 1 aliphatic rings. The van der Waals surface area contributed by atoms with Crippen LogP contribution in [0.25, 0.3) is 22.1 Å². The van der Waals surface area contributed by atoms with Crippen LogP contribution >= 0.6 is 11.6 Å². The normalized spacial score (nSPS) is 19.7. The zero-order valence-electron chi connectivity index (χ0n) is 22.8. The van der Waals surface area contributed by atoms with E-state index in [9.17, 15) is 9.59 Å². The van der Waals surface area contributed by atoms with Gasteiger partial charge in [0.05, 0.1) is 10.7 Å². The Morgan fingerprint density at radius 3 is 2.90 bits per heavy atom. The van der Waals surface area contributed by atoms with Crippen LogP contribution in [0.3, 0.4) is 0 Å². The van der Waals surface area contributed by atoms with Crippen molar-refractivity contribution in [2.45, 2.75) is 64.9 Å². The largest absolute Gasteiger partial charge is 0.452 e. The van der Waals surface area contributed by atoms with Crippen molar-refractivity contribution in [3.05, 3.63) is 69.0 Å². The standard InChI is InChI=1S/C30H35ClN4O4/c1-19-17-35(13-12-30(19,3)23-15-21(31)16-32-29(23)37)26(36)11-5-4-8-14-38-18-25-33-20(2)28-27(34-25)22-9-6-7-10-24(22)39-28/h6-7,9-10,15-16,19H,4-5,8,11-14,17-18H2,1-3H3,(H,32,37). The Hall–Kier alpha value is -3.23. The maximum absolute atomic E-state index is 12.9. The highest BCUT2D eigenvalue weighted by molar-refractivity contribution is 6.30.